The van der Waals surface area contributed by atoms with Crippen molar-refractivity contribution in [1.82, 2.24) is 0 Å². The lowest BCUT2D eigenvalue weighted by atomic mass is 9.99. The molecule has 1 atom stereocenters. The van der Waals surface area contributed by atoms with Gasteiger partial charge in [0.25, 0.3) is 5.91 Å². The fourth-order valence-corrected chi connectivity index (χ4v) is 9.21. The molecular formula is C38H49IN2O6S2. The summed E-state index contributed by atoms with van der Waals surface area (Å²) in [6, 6.07) is 19.0. The Bertz CT molecular complexity index is 1560. The van der Waals surface area contributed by atoms with Crippen molar-refractivity contribution >= 4 is 61.5 Å². The first-order valence-electron chi connectivity index (χ1n) is 16.8. The predicted octanol–water partition coefficient (Wildman–Crippen LogP) is 8.00. The number of benzene rings is 3. The Labute approximate surface area is 313 Å². The average Bonchev–Trinajstić information content (AvgIpc) is 3.42. The normalized spacial score (nSPS) is 15.4. The van der Waals surface area contributed by atoms with Gasteiger partial charge in [0.1, 0.15) is 6.61 Å². The number of fused-ring (bicyclic) bond motifs is 4. The molecule has 2 aliphatic rings. The van der Waals surface area contributed by atoms with Crippen LogP contribution in [0.4, 0.5) is 11.4 Å². The lowest BCUT2D eigenvalue weighted by molar-refractivity contribution is 0.0264. The molecule has 0 bridgehead atoms. The third-order valence-corrected chi connectivity index (χ3v) is 12.3. The molecule has 0 N–H and O–H groups in total. The van der Waals surface area contributed by atoms with E-state index in [1.54, 1.807) is 25.0 Å². The Morgan fingerprint density at radius 2 is 1.69 bits per heavy atom. The van der Waals surface area contributed by atoms with Gasteiger partial charge in [0, 0.05) is 52.4 Å². The molecule has 0 aliphatic carbocycles. The number of rotatable bonds is 19. The second-order valence-corrected chi connectivity index (χ2v) is 16.8. The summed E-state index contributed by atoms with van der Waals surface area (Å²) in [5.74, 6) is 1.27. The average molecular weight is 821 g/mol. The van der Waals surface area contributed by atoms with Crippen LogP contribution in [0, 0.1) is 0 Å². The fraction of sp³-hybridized carbons (Fsp3) is 0.500. The molecular weight excluding hydrogens is 771 g/mol. The zero-order valence-corrected chi connectivity index (χ0v) is 33.1. The minimum Gasteiger partial charge on any atom is -0.493 e. The predicted molar refractivity (Wildman–Crippen MR) is 211 cm³/mol. The molecule has 2 heterocycles. The van der Waals surface area contributed by atoms with Crippen molar-refractivity contribution in [3.05, 3.63) is 82.4 Å². The van der Waals surface area contributed by atoms with E-state index in [1.807, 2.05) is 33.9 Å². The van der Waals surface area contributed by atoms with Crippen LogP contribution >= 0.6 is 44.2 Å². The van der Waals surface area contributed by atoms with Gasteiger partial charge in [0.15, 0.2) is 11.5 Å². The van der Waals surface area contributed by atoms with Crippen molar-refractivity contribution in [2.45, 2.75) is 54.9 Å². The topological polar surface area (TPSA) is 69.7 Å². The Morgan fingerprint density at radius 3 is 2.45 bits per heavy atom. The molecule has 0 spiro atoms. The summed E-state index contributed by atoms with van der Waals surface area (Å²) in [6.45, 7) is 9.45. The molecule has 8 nitrogen and oxygen atoms in total. The van der Waals surface area contributed by atoms with Crippen LogP contribution in [0.15, 0.2) is 54.6 Å². The highest BCUT2D eigenvalue weighted by atomic mass is 127. The van der Waals surface area contributed by atoms with E-state index in [4.69, 9.17) is 23.7 Å². The highest BCUT2D eigenvalue weighted by Crippen LogP contribution is 2.41. The van der Waals surface area contributed by atoms with Gasteiger partial charge >= 0.3 is 0 Å². The third-order valence-electron chi connectivity index (χ3n) is 8.80. The fourth-order valence-electron chi connectivity index (χ4n) is 6.60. The lowest BCUT2D eigenvalue weighted by Gasteiger charge is -2.34. The van der Waals surface area contributed by atoms with Crippen LogP contribution < -0.4 is 19.3 Å². The number of hydrogen-bond donors (Lipinski definition) is 0. The van der Waals surface area contributed by atoms with Crippen molar-refractivity contribution in [3.8, 4) is 11.5 Å². The highest BCUT2D eigenvalue weighted by molar-refractivity contribution is 14.1. The summed E-state index contributed by atoms with van der Waals surface area (Å²) in [7, 11) is 6.99. The van der Waals surface area contributed by atoms with Gasteiger partial charge in [0.2, 0.25) is 0 Å². The molecule has 3 aromatic rings. The Morgan fingerprint density at radius 1 is 0.939 bits per heavy atom. The Balaban J connectivity index is 1.32. The van der Waals surface area contributed by atoms with Gasteiger partial charge in [0.05, 0.1) is 40.1 Å². The van der Waals surface area contributed by atoms with Crippen LogP contribution in [-0.2, 0) is 38.1 Å². The molecule has 0 radical (unpaired) electrons. The molecule has 0 fully saturated rings. The van der Waals surface area contributed by atoms with Crippen LogP contribution in [0.5, 0.6) is 11.5 Å². The zero-order chi connectivity index (χ0) is 34.8. The molecule has 0 unspecified atom stereocenters. The van der Waals surface area contributed by atoms with E-state index in [2.05, 4.69) is 84.0 Å². The van der Waals surface area contributed by atoms with E-state index in [-0.39, 0.29) is 16.7 Å². The molecule has 0 saturated heterocycles. The Kier molecular flexibility index (Phi) is 14.3. The van der Waals surface area contributed by atoms with E-state index >= 15 is 0 Å². The third kappa shape index (κ3) is 10.0. The summed E-state index contributed by atoms with van der Waals surface area (Å²) >= 11 is 2.43. The number of aryl methyl sites for hydroxylation is 1. The summed E-state index contributed by atoms with van der Waals surface area (Å²) in [5.41, 5.74) is 7.46. The first-order chi connectivity index (χ1) is 23.8. The van der Waals surface area contributed by atoms with Gasteiger partial charge in [-0.1, -0.05) is 68.4 Å². The summed E-state index contributed by atoms with van der Waals surface area (Å²) in [4.78, 5) is 18.3. The molecule has 0 saturated carbocycles. The maximum Gasteiger partial charge on any atom is 0.258 e. The molecule has 1 amide bonds. The minimum absolute atomic E-state index is 0.0312. The van der Waals surface area contributed by atoms with Crippen molar-refractivity contribution in [2.24, 2.45) is 0 Å². The van der Waals surface area contributed by atoms with Crippen molar-refractivity contribution < 1.29 is 28.5 Å². The smallest absolute Gasteiger partial charge is 0.258 e. The maximum absolute atomic E-state index is 13.9. The standard InChI is InChI=1S/C38H49IN2O6S2/c1-38(2,49-48-5)26-40(12-13-45-16-17-46-15-14-43-3)32-19-27(24-39)18-28(20-32)25-47-36-22-29-10-11-31-21-30-8-6-7-9-34(30)41(31)37(42)33(29)23-35(36)44-4/h6-9,18-20,22-23,31H,10-17,21,24-26H2,1-5H3/t31-/m1/s1. The number of carbonyl (C=O) groups is 1. The number of amides is 1. The van der Waals surface area contributed by atoms with Gasteiger partial charge in [-0.2, -0.15) is 0 Å². The molecule has 2 aliphatic heterocycles. The first kappa shape index (κ1) is 38.1. The lowest BCUT2D eigenvalue weighted by Crippen LogP contribution is -2.38. The van der Waals surface area contributed by atoms with E-state index in [0.717, 1.165) is 59.3 Å². The van der Waals surface area contributed by atoms with Gasteiger partial charge in [-0.15, -0.1) is 0 Å². The van der Waals surface area contributed by atoms with Crippen LogP contribution in [0.1, 0.15) is 52.9 Å². The van der Waals surface area contributed by atoms with E-state index < -0.39 is 0 Å². The van der Waals surface area contributed by atoms with Crippen LogP contribution in [0.2, 0.25) is 0 Å². The number of para-hydroxylation sites is 1. The van der Waals surface area contributed by atoms with E-state index in [1.165, 1.54) is 11.1 Å². The number of halogens is 1. The number of hydrogen-bond acceptors (Lipinski definition) is 9. The molecule has 11 heteroatoms. The molecule has 0 aromatic heterocycles. The van der Waals surface area contributed by atoms with Gasteiger partial charge in [-0.05, 0) is 92.0 Å². The van der Waals surface area contributed by atoms with E-state index in [9.17, 15) is 4.79 Å². The second-order valence-electron chi connectivity index (χ2n) is 12.9. The van der Waals surface area contributed by atoms with Crippen LogP contribution in [0.3, 0.4) is 0 Å². The number of methoxy groups -OCH3 is 2. The maximum atomic E-state index is 13.9. The summed E-state index contributed by atoms with van der Waals surface area (Å²) in [6.07, 6.45) is 4.74. The first-order valence-corrected chi connectivity index (χ1v) is 20.9. The minimum atomic E-state index is 0.0312. The molecule has 49 heavy (non-hydrogen) atoms. The van der Waals surface area contributed by atoms with Gasteiger partial charge in [-0.25, -0.2) is 0 Å². The number of alkyl halides is 1. The number of ether oxygens (including phenoxy) is 5. The van der Waals surface area contributed by atoms with Crippen molar-refractivity contribution in [1.29, 1.82) is 0 Å². The van der Waals surface area contributed by atoms with Gasteiger partial charge in [-0.3, -0.25) is 4.79 Å². The molecule has 5 rings (SSSR count). The van der Waals surface area contributed by atoms with Crippen LogP contribution in [0.25, 0.3) is 0 Å². The number of nitrogens with zero attached hydrogens (tertiary/aromatic N) is 2. The SMILES string of the molecule is COCCOCCOCCN(CC(C)(C)SSC)c1cc(CI)cc(COc2cc3c(cc2OC)C(=O)N2c4ccccc4C[C@H]2CC3)c1. The van der Waals surface area contributed by atoms with Crippen molar-refractivity contribution in [3.63, 3.8) is 0 Å². The quantitative estimate of drug-likeness (QED) is 0.0518. The monoisotopic (exact) mass is 820 g/mol. The largest absolute Gasteiger partial charge is 0.493 e. The molecule has 266 valence electrons. The summed E-state index contributed by atoms with van der Waals surface area (Å²) in [5, 5.41) is 0. The Hall–Kier alpha value is -2.16. The van der Waals surface area contributed by atoms with Crippen molar-refractivity contribution in [2.75, 3.05) is 76.4 Å². The number of carbonyl (C=O) groups excluding carboxylic acids is 1. The van der Waals surface area contributed by atoms with Gasteiger partial charge < -0.3 is 33.5 Å². The van der Waals surface area contributed by atoms with Crippen LogP contribution in [-0.4, -0.2) is 83.3 Å². The highest BCUT2D eigenvalue weighted by Gasteiger charge is 2.37. The number of anilines is 2. The van der Waals surface area contributed by atoms with E-state index in [0.29, 0.717) is 56.7 Å². The summed E-state index contributed by atoms with van der Waals surface area (Å²) < 4.78 is 29.8. The zero-order valence-electron chi connectivity index (χ0n) is 29.3. The molecule has 3 aromatic carbocycles. The second kappa shape index (κ2) is 18.4.